The van der Waals surface area contributed by atoms with Crippen LogP contribution >= 0.6 is 11.8 Å². The molecule has 0 radical (unpaired) electrons. The van der Waals surface area contributed by atoms with Gasteiger partial charge in [-0.15, -0.1) is 11.8 Å². The summed E-state index contributed by atoms with van der Waals surface area (Å²) in [4.78, 5) is 23.5. The van der Waals surface area contributed by atoms with Crippen LogP contribution in [0.15, 0.2) is 52.3 Å². The van der Waals surface area contributed by atoms with Gasteiger partial charge in [0.25, 0.3) is 5.69 Å². The molecule has 1 amide bonds. The van der Waals surface area contributed by atoms with Gasteiger partial charge in [0.1, 0.15) is 0 Å². The number of nitro benzene ring substituents is 1. The number of benzene rings is 2. The molecule has 0 aliphatic carbocycles. The number of nitrogens with one attached hydrogen (secondary N) is 1. The molecule has 0 heterocycles. The van der Waals surface area contributed by atoms with Crippen LogP contribution in [-0.2, 0) is 14.6 Å². The number of hydrogen-bond acceptors (Lipinski definition) is 6. The van der Waals surface area contributed by atoms with E-state index in [1.165, 1.54) is 36.0 Å². The molecule has 0 saturated heterocycles. The molecular formula is C17H18N2O5S2. The number of carbonyl (C=O) groups excluding carboxylic acids is 1. The second-order valence-corrected chi connectivity index (χ2v) is 9.18. The number of nitrogens with zero attached hydrogens (tertiary/aromatic N) is 1. The summed E-state index contributed by atoms with van der Waals surface area (Å²) in [6.07, 6.45) is 1.11. The fourth-order valence-electron chi connectivity index (χ4n) is 2.10. The van der Waals surface area contributed by atoms with Crippen molar-refractivity contribution in [2.45, 2.75) is 28.9 Å². The average Bonchev–Trinajstić information content (AvgIpc) is 2.56. The van der Waals surface area contributed by atoms with Crippen LogP contribution in [0.1, 0.15) is 12.5 Å². The number of hydrogen-bond donors (Lipinski definition) is 1. The molecule has 0 bridgehead atoms. The first kappa shape index (κ1) is 19.9. The Hall–Kier alpha value is -2.39. The second-order valence-electron chi connectivity index (χ2n) is 5.75. The highest BCUT2D eigenvalue weighted by molar-refractivity contribution is 8.00. The third-order valence-electron chi connectivity index (χ3n) is 3.62. The van der Waals surface area contributed by atoms with E-state index < -0.39 is 20.0 Å². The Morgan fingerprint density at radius 2 is 1.81 bits per heavy atom. The Labute approximate surface area is 155 Å². The Balaban J connectivity index is 2.10. The number of thioether (sulfide) groups is 1. The zero-order chi connectivity index (χ0) is 19.5. The number of carbonyl (C=O) groups is 1. The first-order valence-electron chi connectivity index (χ1n) is 7.60. The quantitative estimate of drug-likeness (QED) is 0.457. The number of aryl methyl sites for hydroxylation is 1. The number of sulfone groups is 1. The van der Waals surface area contributed by atoms with Gasteiger partial charge in [0.15, 0.2) is 9.84 Å². The molecule has 2 rings (SSSR count). The molecule has 26 heavy (non-hydrogen) atoms. The molecule has 2 aromatic rings. The van der Waals surface area contributed by atoms with E-state index in [2.05, 4.69) is 5.32 Å². The average molecular weight is 394 g/mol. The maximum absolute atomic E-state index is 12.4. The van der Waals surface area contributed by atoms with Gasteiger partial charge in [-0.05, 0) is 43.7 Å². The van der Waals surface area contributed by atoms with Crippen molar-refractivity contribution >= 4 is 38.9 Å². The molecular weight excluding hydrogens is 376 g/mol. The topological polar surface area (TPSA) is 106 Å². The van der Waals surface area contributed by atoms with E-state index in [4.69, 9.17) is 0 Å². The number of anilines is 1. The van der Waals surface area contributed by atoms with Crippen molar-refractivity contribution in [2.24, 2.45) is 0 Å². The SMILES string of the molecule is Cc1ccc(S(C)(=O)=O)cc1NC(=O)C(C)Sc1ccc([N+](=O)[O-])cc1. The van der Waals surface area contributed by atoms with E-state index in [1.807, 2.05) is 0 Å². The predicted octanol–water partition coefficient (Wildman–Crippen LogP) is 3.43. The summed E-state index contributed by atoms with van der Waals surface area (Å²) in [5.74, 6) is -0.290. The van der Waals surface area contributed by atoms with Gasteiger partial charge in [-0.1, -0.05) is 6.07 Å². The maximum Gasteiger partial charge on any atom is 0.269 e. The number of nitro groups is 1. The van der Waals surface area contributed by atoms with Gasteiger partial charge in [0, 0.05) is 29.0 Å². The number of non-ortho nitro benzene ring substituents is 1. The van der Waals surface area contributed by atoms with Crippen molar-refractivity contribution in [2.75, 3.05) is 11.6 Å². The largest absolute Gasteiger partial charge is 0.325 e. The fraction of sp³-hybridized carbons (Fsp3) is 0.235. The minimum atomic E-state index is -3.37. The highest BCUT2D eigenvalue weighted by Gasteiger charge is 2.17. The van der Waals surface area contributed by atoms with Gasteiger partial charge in [0.05, 0.1) is 15.1 Å². The predicted molar refractivity (Wildman–Crippen MR) is 101 cm³/mol. The second kappa shape index (κ2) is 7.88. The van der Waals surface area contributed by atoms with E-state index >= 15 is 0 Å². The normalized spacial score (nSPS) is 12.4. The van der Waals surface area contributed by atoms with Gasteiger partial charge in [-0.25, -0.2) is 8.42 Å². The molecule has 2 aromatic carbocycles. The van der Waals surface area contributed by atoms with Crippen molar-refractivity contribution in [1.82, 2.24) is 0 Å². The highest BCUT2D eigenvalue weighted by Crippen LogP contribution is 2.27. The standard InChI is InChI=1S/C17H18N2O5S2/c1-11-4-9-15(26(3,23)24)10-16(11)18-17(20)12(2)25-14-7-5-13(6-8-14)19(21)22/h4-10,12H,1-3H3,(H,18,20). The van der Waals surface area contributed by atoms with Gasteiger partial charge < -0.3 is 5.32 Å². The van der Waals surface area contributed by atoms with E-state index in [9.17, 15) is 23.3 Å². The Bertz CT molecular complexity index is 940. The summed E-state index contributed by atoms with van der Waals surface area (Å²) in [6, 6.07) is 10.5. The lowest BCUT2D eigenvalue weighted by molar-refractivity contribution is -0.384. The molecule has 7 nitrogen and oxygen atoms in total. The molecule has 1 unspecified atom stereocenters. The summed E-state index contributed by atoms with van der Waals surface area (Å²) < 4.78 is 23.3. The molecule has 0 spiro atoms. The molecule has 0 saturated carbocycles. The highest BCUT2D eigenvalue weighted by atomic mass is 32.2. The zero-order valence-corrected chi connectivity index (χ0v) is 16.1. The molecule has 138 valence electrons. The molecule has 0 aliphatic rings. The third-order valence-corrected chi connectivity index (χ3v) is 5.85. The molecule has 1 N–H and O–H groups in total. The van der Waals surface area contributed by atoms with E-state index in [-0.39, 0.29) is 16.5 Å². The maximum atomic E-state index is 12.4. The molecule has 1 atom stereocenters. The summed E-state index contributed by atoms with van der Waals surface area (Å²) in [5, 5.41) is 12.9. The van der Waals surface area contributed by atoms with Crippen LogP contribution in [0.4, 0.5) is 11.4 Å². The zero-order valence-electron chi connectivity index (χ0n) is 14.4. The van der Waals surface area contributed by atoms with Gasteiger partial charge in [0.2, 0.25) is 5.91 Å². The summed E-state index contributed by atoms with van der Waals surface area (Å²) >= 11 is 1.25. The Kier molecular flexibility index (Phi) is 6.04. The van der Waals surface area contributed by atoms with Crippen LogP contribution in [0, 0.1) is 17.0 Å². The van der Waals surface area contributed by atoms with Gasteiger partial charge in [-0.2, -0.15) is 0 Å². The molecule has 0 aromatic heterocycles. The van der Waals surface area contributed by atoms with E-state index in [1.54, 1.807) is 32.0 Å². The third kappa shape index (κ3) is 5.06. The molecule has 0 aliphatic heterocycles. The number of amides is 1. The lowest BCUT2D eigenvalue weighted by Crippen LogP contribution is -2.23. The first-order chi connectivity index (χ1) is 12.1. The van der Waals surface area contributed by atoms with Gasteiger partial charge in [-0.3, -0.25) is 14.9 Å². The van der Waals surface area contributed by atoms with Crippen LogP contribution < -0.4 is 5.32 Å². The van der Waals surface area contributed by atoms with Gasteiger partial charge >= 0.3 is 0 Å². The van der Waals surface area contributed by atoms with Crippen molar-refractivity contribution in [3.8, 4) is 0 Å². The number of rotatable bonds is 6. The van der Waals surface area contributed by atoms with Crippen molar-refractivity contribution in [1.29, 1.82) is 0 Å². The van der Waals surface area contributed by atoms with Crippen LogP contribution in [0.3, 0.4) is 0 Å². The minimum absolute atomic E-state index is 0.0142. The smallest absolute Gasteiger partial charge is 0.269 e. The monoisotopic (exact) mass is 394 g/mol. The van der Waals surface area contributed by atoms with E-state index in [0.29, 0.717) is 5.69 Å². The Morgan fingerprint density at radius 3 is 2.35 bits per heavy atom. The lowest BCUT2D eigenvalue weighted by Gasteiger charge is -2.14. The summed E-state index contributed by atoms with van der Waals surface area (Å²) in [5.41, 5.74) is 1.17. The van der Waals surface area contributed by atoms with Crippen LogP contribution in [-0.4, -0.2) is 30.8 Å². The van der Waals surface area contributed by atoms with Crippen LogP contribution in [0.25, 0.3) is 0 Å². The van der Waals surface area contributed by atoms with Crippen LogP contribution in [0.2, 0.25) is 0 Å². The lowest BCUT2D eigenvalue weighted by atomic mass is 10.2. The van der Waals surface area contributed by atoms with Crippen molar-refractivity contribution in [3.63, 3.8) is 0 Å². The molecule has 9 heteroatoms. The summed E-state index contributed by atoms with van der Waals surface area (Å²) in [7, 11) is -3.37. The van der Waals surface area contributed by atoms with Crippen molar-refractivity contribution < 1.29 is 18.1 Å². The Morgan fingerprint density at radius 1 is 1.19 bits per heavy atom. The fourth-order valence-corrected chi connectivity index (χ4v) is 3.62. The first-order valence-corrected chi connectivity index (χ1v) is 10.4. The molecule has 0 fully saturated rings. The van der Waals surface area contributed by atoms with Crippen LogP contribution in [0.5, 0.6) is 0 Å². The van der Waals surface area contributed by atoms with Crippen molar-refractivity contribution in [3.05, 3.63) is 58.1 Å². The van der Waals surface area contributed by atoms with E-state index in [0.717, 1.165) is 16.7 Å². The summed E-state index contributed by atoms with van der Waals surface area (Å²) in [6.45, 7) is 3.48. The minimum Gasteiger partial charge on any atom is -0.325 e.